The van der Waals surface area contributed by atoms with E-state index in [-0.39, 0.29) is 11.7 Å². The Kier molecular flexibility index (Phi) is 1.75. The molecule has 0 amide bonds. The van der Waals surface area contributed by atoms with Crippen molar-refractivity contribution in [1.82, 2.24) is 0 Å². The summed E-state index contributed by atoms with van der Waals surface area (Å²) in [6, 6.07) is 7.60. The van der Waals surface area contributed by atoms with E-state index in [9.17, 15) is 4.79 Å². The highest BCUT2D eigenvalue weighted by molar-refractivity contribution is 6.24. The Morgan fingerprint density at radius 2 is 2.06 bits per heavy atom. The molecule has 0 bridgehead atoms. The topological polar surface area (TPSA) is 42.6 Å². The summed E-state index contributed by atoms with van der Waals surface area (Å²) < 4.78 is 5.64. The SMILES string of the molecule is O=C1c2oc3ccccc3c2N=C2C=CC=CC12. The molecule has 3 nitrogen and oxygen atoms in total. The number of fused-ring (bicyclic) bond motifs is 4. The summed E-state index contributed by atoms with van der Waals surface area (Å²) in [5.41, 5.74) is 2.18. The molecule has 0 N–H and O–H groups in total. The van der Waals surface area contributed by atoms with E-state index in [2.05, 4.69) is 4.99 Å². The van der Waals surface area contributed by atoms with Gasteiger partial charge in [0.2, 0.25) is 5.78 Å². The number of hydrogen-bond donors (Lipinski definition) is 0. The first kappa shape index (κ1) is 9.59. The average Bonchev–Trinajstić information content (AvgIpc) is 2.79. The molecule has 1 unspecified atom stereocenters. The number of benzene rings is 1. The summed E-state index contributed by atoms with van der Waals surface area (Å²) in [6.07, 6.45) is 7.51. The lowest BCUT2D eigenvalue weighted by molar-refractivity contribution is 0.0946. The quantitative estimate of drug-likeness (QED) is 0.701. The Labute approximate surface area is 103 Å². The fourth-order valence-electron chi connectivity index (χ4n) is 2.44. The molecule has 1 atom stereocenters. The highest BCUT2D eigenvalue weighted by atomic mass is 16.3. The van der Waals surface area contributed by atoms with Crippen LogP contribution in [0.2, 0.25) is 0 Å². The molecule has 0 spiro atoms. The Balaban J connectivity index is 2.06. The standard InChI is InChI=1S/C15H9NO2/c17-14-9-5-1-3-7-11(9)16-13-10-6-2-4-8-12(10)18-15(13)14/h1-9H. The van der Waals surface area contributed by atoms with Gasteiger partial charge in [0.1, 0.15) is 11.3 Å². The predicted molar refractivity (Wildman–Crippen MR) is 69.4 cm³/mol. The molecular formula is C15H9NO2. The van der Waals surface area contributed by atoms with Crippen LogP contribution in [0.25, 0.3) is 11.0 Å². The van der Waals surface area contributed by atoms with Gasteiger partial charge < -0.3 is 4.42 Å². The summed E-state index contributed by atoms with van der Waals surface area (Å²) in [7, 11) is 0. The van der Waals surface area contributed by atoms with Crippen molar-refractivity contribution in [2.24, 2.45) is 10.9 Å². The number of allylic oxidation sites excluding steroid dienone is 4. The average molecular weight is 235 g/mol. The third kappa shape index (κ3) is 1.13. The molecule has 1 aromatic carbocycles. The molecule has 2 heterocycles. The van der Waals surface area contributed by atoms with Gasteiger partial charge in [-0.15, -0.1) is 0 Å². The molecule has 0 saturated carbocycles. The first-order valence-electron chi connectivity index (χ1n) is 5.84. The minimum absolute atomic E-state index is 0.00759. The van der Waals surface area contributed by atoms with Crippen molar-refractivity contribution >= 4 is 28.2 Å². The van der Waals surface area contributed by atoms with Gasteiger partial charge in [-0.2, -0.15) is 0 Å². The maximum atomic E-state index is 12.4. The summed E-state index contributed by atoms with van der Waals surface area (Å²) in [4.78, 5) is 16.9. The van der Waals surface area contributed by atoms with Crippen molar-refractivity contribution in [2.75, 3.05) is 0 Å². The lowest BCUT2D eigenvalue weighted by Crippen LogP contribution is -2.24. The van der Waals surface area contributed by atoms with Crippen LogP contribution in [0.15, 0.2) is 58.0 Å². The first-order valence-corrected chi connectivity index (χ1v) is 5.84. The first-order chi connectivity index (χ1) is 8.84. The van der Waals surface area contributed by atoms with Crippen molar-refractivity contribution in [3.05, 3.63) is 54.3 Å². The Morgan fingerprint density at radius 1 is 1.17 bits per heavy atom. The number of carbonyl (C=O) groups excluding carboxylic acids is 1. The third-order valence-electron chi connectivity index (χ3n) is 3.32. The van der Waals surface area contributed by atoms with Crippen molar-refractivity contribution in [2.45, 2.75) is 0 Å². The van der Waals surface area contributed by atoms with E-state index >= 15 is 0 Å². The summed E-state index contributed by atoms with van der Waals surface area (Å²) in [5, 5.41) is 0.898. The van der Waals surface area contributed by atoms with Crippen LogP contribution in [-0.4, -0.2) is 11.5 Å². The molecule has 1 aromatic heterocycles. The van der Waals surface area contributed by atoms with Gasteiger partial charge >= 0.3 is 0 Å². The molecule has 86 valence electrons. The minimum atomic E-state index is -0.289. The lowest BCUT2D eigenvalue weighted by atomic mass is 9.90. The zero-order valence-electron chi connectivity index (χ0n) is 9.46. The monoisotopic (exact) mass is 235 g/mol. The molecule has 0 radical (unpaired) electrons. The van der Waals surface area contributed by atoms with Gasteiger partial charge in [0.25, 0.3) is 0 Å². The predicted octanol–water partition coefficient (Wildman–Crippen LogP) is 3.44. The Hall–Kier alpha value is -2.42. The lowest BCUT2D eigenvalue weighted by Gasteiger charge is -2.17. The molecule has 3 heteroatoms. The van der Waals surface area contributed by atoms with Gasteiger partial charge in [-0.05, 0) is 18.2 Å². The molecule has 18 heavy (non-hydrogen) atoms. The van der Waals surface area contributed by atoms with Crippen LogP contribution < -0.4 is 0 Å². The van der Waals surface area contributed by atoms with Crippen molar-refractivity contribution < 1.29 is 9.21 Å². The van der Waals surface area contributed by atoms with E-state index < -0.39 is 0 Å². The van der Waals surface area contributed by atoms with Crippen LogP contribution >= 0.6 is 0 Å². The van der Waals surface area contributed by atoms with Gasteiger partial charge in [-0.25, -0.2) is 4.99 Å². The van der Waals surface area contributed by atoms with Crippen LogP contribution in [0.1, 0.15) is 10.6 Å². The molecule has 2 aliphatic rings. The van der Waals surface area contributed by atoms with Gasteiger partial charge in [-0.3, -0.25) is 4.79 Å². The van der Waals surface area contributed by atoms with Crippen molar-refractivity contribution in [1.29, 1.82) is 0 Å². The fraction of sp³-hybridized carbons (Fsp3) is 0.0667. The number of rotatable bonds is 0. The minimum Gasteiger partial charge on any atom is -0.451 e. The number of furan rings is 1. The van der Waals surface area contributed by atoms with Crippen LogP contribution in [0.4, 0.5) is 5.69 Å². The van der Waals surface area contributed by atoms with Crippen molar-refractivity contribution in [3.63, 3.8) is 0 Å². The molecule has 1 aliphatic heterocycles. The van der Waals surface area contributed by atoms with Gasteiger partial charge in [0, 0.05) is 5.39 Å². The fourth-order valence-corrected chi connectivity index (χ4v) is 2.44. The van der Waals surface area contributed by atoms with E-state index in [1.54, 1.807) is 0 Å². The highest BCUT2D eigenvalue weighted by Crippen LogP contribution is 2.39. The number of aliphatic imine (C=N–C) groups is 1. The van der Waals surface area contributed by atoms with E-state index in [1.807, 2.05) is 48.6 Å². The smallest absolute Gasteiger partial charge is 0.213 e. The number of ketones is 1. The summed E-state index contributed by atoms with van der Waals surface area (Å²) in [5.74, 6) is 0.0831. The largest absolute Gasteiger partial charge is 0.451 e. The van der Waals surface area contributed by atoms with E-state index in [4.69, 9.17) is 4.42 Å². The Bertz CT molecular complexity index is 762. The number of nitrogens with zero attached hydrogens (tertiary/aromatic N) is 1. The number of carbonyl (C=O) groups is 1. The van der Waals surface area contributed by atoms with Crippen molar-refractivity contribution in [3.8, 4) is 0 Å². The highest BCUT2D eigenvalue weighted by Gasteiger charge is 2.33. The van der Waals surface area contributed by atoms with Crippen LogP contribution in [0.5, 0.6) is 0 Å². The second kappa shape index (κ2) is 3.29. The van der Waals surface area contributed by atoms with Gasteiger partial charge in [0.05, 0.1) is 11.6 Å². The normalized spacial score (nSPS) is 20.8. The van der Waals surface area contributed by atoms with Gasteiger partial charge in [0.15, 0.2) is 5.76 Å². The number of hydrogen-bond acceptors (Lipinski definition) is 3. The third-order valence-corrected chi connectivity index (χ3v) is 3.32. The van der Waals surface area contributed by atoms with Crippen LogP contribution in [-0.2, 0) is 0 Å². The molecule has 0 fully saturated rings. The molecular weight excluding hydrogens is 226 g/mol. The number of Topliss-reactive ketones (excluding diaryl/α,β-unsaturated/α-hetero) is 1. The summed E-state index contributed by atoms with van der Waals surface area (Å²) in [6.45, 7) is 0. The summed E-state index contributed by atoms with van der Waals surface area (Å²) >= 11 is 0. The zero-order chi connectivity index (χ0) is 12.1. The van der Waals surface area contributed by atoms with Gasteiger partial charge in [-0.1, -0.05) is 30.4 Å². The maximum Gasteiger partial charge on any atom is 0.213 e. The molecule has 1 aliphatic carbocycles. The molecule has 0 saturated heterocycles. The second-order valence-electron chi connectivity index (χ2n) is 4.40. The van der Waals surface area contributed by atoms with Crippen LogP contribution in [0, 0.1) is 5.92 Å². The van der Waals surface area contributed by atoms with Crippen LogP contribution in [0.3, 0.4) is 0 Å². The van der Waals surface area contributed by atoms with E-state index in [1.165, 1.54) is 0 Å². The Morgan fingerprint density at radius 3 is 3.00 bits per heavy atom. The zero-order valence-corrected chi connectivity index (χ0v) is 9.46. The van der Waals surface area contributed by atoms with E-state index in [0.717, 1.165) is 11.1 Å². The second-order valence-corrected chi connectivity index (χ2v) is 4.40. The maximum absolute atomic E-state index is 12.4. The molecule has 2 aromatic rings. The molecule has 4 rings (SSSR count). The van der Waals surface area contributed by atoms with E-state index in [0.29, 0.717) is 17.0 Å². The number of para-hydroxylation sites is 1.